The van der Waals surface area contributed by atoms with Crippen LogP contribution in [0.25, 0.3) is 0 Å². The highest BCUT2D eigenvalue weighted by Crippen LogP contribution is 2.24. The SMILES string of the molecule is CC(C)(C)OC(=O)N1CCNCC1c1cncc(F)c1. The number of hydrogen-bond acceptors (Lipinski definition) is 4. The molecule has 0 spiro atoms. The molecule has 1 aromatic heterocycles. The first-order valence-electron chi connectivity index (χ1n) is 6.67. The number of nitrogens with one attached hydrogen (secondary N) is 1. The lowest BCUT2D eigenvalue weighted by Gasteiger charge is -2.37. The summed E-state index contributed by atoms with van der Waals surface area (Å²) in [6.45, 7) is 7.25. The van der Waals surface area contributed by atoms with E-state index in [-0.39, 0.29) is 12.1 Å². The lowest BCUT2D eigenvalue weighted by atomic mass is 10.1. The third-order valence-electron chi connectivity index (χ3n) is 2.98. The predicted molar refractivity (Wildman–Crippen MR) is 72.7 cm³/mol. The van der Waals surface area contributed by atoms with Crippen molar-refractivity contribution in [2.75, 3.05) is 19.6 Å². The van der Waals surface area contributed by atoms with Crippen molar-refractivity contribution < 1.29 is 13.9 Å². The van der Waals surface area contributed by atoms with E-state index in [0.29, 0.717) is 25.2 Å². The minimum Gasteiger partial charge on any atom is -0.444 e. The second-order valence-electron chi connectivity index (χ2n) is 5.83. The molecular weight excluding hydrogens is 261 g/mol. The summed E-state index contributed by atoms with van der Waals surface area (Å²) >= 11 is 0. The maximum atomic E-state index is 13.3. The van der Waals surface area contributed by atoms with E-state index in [9.17, 15) is 9.18 Å². The minimum absolute atomic E-state index is 0.262. The number of piperazine rings is 1. The topological polar surface area (TPSA) is 54.5 Å². The first kappa shape index (κ1) is 14.7. The molecule has 1 aromatic rings. The van der Waals surface area contributed by atoms with E-state index in [1.807, 2.05) is 20.8 Å². The number of pyridine rings is 1. The third kappa shape index (κ3) is 3.66. The number of carbonyl (C=O) groups is 1. The fourth-order valence-electron chi connectivity index (χ4n) is 2.15. The normalized spacial score (nSPS) is 19.8. The van der Waals surface area contributed by atoms with Crippen LogP contribution in [0.15, 0.2) is 18.5 Å². The van der Waals surface area contributed by atoms with Crippen molar-refractivity contribution in [3.05, 3.63) is 29.8 Å². The van der Waals surface area contributed by atoms with Crippen LogP contribution in [0, 0.1) is 5.82 Å². The minimum atomic E-state index is -0.549. The van der Waals surface area contributed by atoms with Gasteiger partial charge in [-0.15, -0.1) is 0 Å². The Morgan fingerprint density at radius 2 is 2.25 bits per heavy atom. The number of rotatable bonds is 1. The van der Waals surface area contributed by atoms with E-state index in [2.05, 4.69) is 10.3 Å². The van der Waals surface area contributed by atoms with Gasteiger partial charge in [-0.3, -0.25) is 9.88 Å². The number of nitrogens with zero attached hydrogens (tertiary/aromatic N) is 2. The molecule has 6 heteroatoms. The molecule has 110 valence electrons. The first-order valence-corrected chi connectivity index (χ1v) is 6.67. The fourth-order valence-corrected chi connectivity index (χ4v) is 2.15. The van der Waals surface area contributed by atoms with Gasteiger partial charge in [-0.2, -0.15) is 0 Å². The Balaban J connectivity index is 2.19. The van der Waals surface area contributed by atoms with Crippen molar-refractivity contribution in [1.29, 1.82) is 0 Å². The maximum absolute atomic E-state index is 13.3. The van der Waals surface area contributed by atoms with Crippen molar-refractivity contribution >= 4 is 6.09 Å². The lowest BCUT2D eigenvalue weighted by Crippen LogP contribution is -2.50. The van der Waals surface area contributed by atoms with Gasteiger partial charge < -0.3 is 10.1 Å². The molecule has 20 heavy (non-hydrogen) atoms. The molecule has 0 aromatic carbocycles. The molecule has 1 saturated heterocycles. The quantitative estimate of drug-likeness (QED) is 0.856. The zero-order valence-electron chi connectivity index (χ0n) is 12.0. The van der Waals surface area contributed by atoms with Crippen LogP contribution >= 0.6 is 0 Å². The molecule has 0 saturated carbocycles. The highest BCUT2D eigenvalue weighted by molar-refractivity contribution is 5.69. The lowest BCUT2D eigenvalue weighted by molar-refractivity contribution is 0.0117. The highest BCUT2D eigenvalue weighted by Gasteiger charge is 2.31. The molecule has 2 rings (SSSR count). The van der Waals surface area contributed by atoms with Crippen LogP contribution in [-0.2, 0) is 4.74 Å². The van der Waals surface area contributed by atoms with Gasteiger partial charge in [-0.25, -0.2) is 9.18 Å². The molecule has 5 nitrogen and oxygen atoms in total. The number of amides is 1. The monoisotopic (exact) mass is 281 g/mol. The molecule has 1 amide bonds. The van der Waals surface area contributed by atoms with Gasteiger partial charge in [0.2, 0.25) is 0 Å². The summed E-state index contributed by atoms with van der Waals surface area (Å²) in [6.07, 6.45) is 2.35. The van der Waals surface area contributed by atoms with Crippen molar-refractivity contribution in [2.45, 2.75) is 32.4 Å². The van der Waals surface area contributed by atoms with Gasteiger partial charge in [0.15, 0.2) is 0 Å². The molecule has 0 aliphatic carbocycles. The average Bonchev–Trinajstić information content (AvgIpc) is 2.37. The molecule has 1 aliphatic rings. The zero-order chi connectivity index (χ0) is 14.8. The van der Waals surface area contributed by atoms with Crippen LogP contribution in [-0.4, -0.2) is 41.2 Å². The van der Waals surface area contributed by atoms with Crippen LogP contribution in [0.3, 0.4) is 0 Å². The number of ether oxygens (including phenoxy) is 1. The number of halogens is 1. The number of carbonyl (C=O) groups excluding carboxylic acids is 1. The Bertz CT molecular complexity index is 488. The molecular formula is C14H20FN3O2. The van der Waals surface area contributed by atoms with Gasteiger partial charge in [0.05, 0.1) is 12.2 Å². The summed E-state index contributed by atoms with van der Waals surface area (Å²) in [5.74, 6) is -0.405. The van der Waals surface area contributed by atoms with Crippen molar-refractivity contribution in [3.8, 4) is 0 Å². The second kappa shape index (κ2) is 5.75. The highest BCUT2D eigenvalue weighted by atomic mass is 19.1. The predicted octanol–water partition coefficient (Wildman–Crippen LogP) is 2.10. The Labute approximate surface area is 118 Å². The van der Waals surface area contributed by atoms with Crippen molar-refractivity contribution in [3.63, 3.8) is 0 Å². The van der Waals surface area contributed by atoms with Crippen LogP contribution in [0.5, 0.6) is 0 Å². The molecule has 1 fully saturated rings. The summed E-state index contributed by atoms with van der Waals surface area (Å²) in [6, 6.07) is 1.14. The van der Waals surface area contributed by atoms with E-state index in [0.717, 1.165) is 6.20 Å². The molecule has 1 atom stereocenters. The molecule has 0 radical (unpaired) electrons. The fraction of sp³-hybridized carbons (Fsp3) is 0.571. The van der Waals surface area contributed by atoms with Crippen LogP contribution < -0.4 is 5.32 Å². The Hall–Kier alpha value is -1.69. The molecule has 1 aliphatic heterocycles. The van der Waals surface area contributed by atoms with E-state index >= 15 is 0 Å². The van der Waals surface area contributed by atoms with Gasteiger partial charge in [-0.05, 0) is 32.4 Å². The van der Waals surface area contributed by atoms with Crippen LogP contribution in [0.4, 0.5) is 9.18 Å². The molecule has 1 unspecified atom stereocenters. The smallest absolute Gasteiger partial charge is 0.410 e. The number of hydrogen-bond donors (Lipinski definition) is 1. The van der Waals surface area contributed by atoms with Gasteiger partial charge in [-0.1, -0.05) is 0 Å². The van der Waals surface area contributed by atoms with Crippen molar-refractivity contribution in [1.82, 2.24) is 15.2 Å². The standard InChI is InChI=1S/C14H20FN3O2/c1-14(2,3)20-13(19)18-5-4-16-9-12(18)10-6-11(15)8-17-7-10/h6-8,12,16H,4-5,9H2,1-3H3. The summed E-state index contributed by atoms with van der Waals surface area (Å²) < 4.78 is 18.7. The van der Waals surface area contributed by atoms with Crippen molar-refractivity contribution in [2.24, 2.45) is 0 Å². The molecule has 0 bridgehead atoms. The molecule has 2 heterocycles. The Morgan fingerprint density at radius 3 is 2.90 bits per heavy atom. The van der Waals surface area contributed by atoms with Crippen LogP contribution in [0.1, 0.15) is 32.4 Å². The van der Waals surface area contributed by atoms with E-state index < -0.39 is 11.4 Å². The summed E-state index contributed by atoms with van der Waals surface area (Å²) in [5.41, 5.74) is 0.121. The summed E-state index contributed by atoms with van der Waals surface area (Å²) in [4.78, 5) is 17.7. The summed E-state index contributed by atoms with van der Waals surface area (Å²) in [7, 11) is 0. The first-order chi connectivity index (χ1) is 9.37. The zero-order valence-corrected chi connectivity index (χ0v) is 12.0. The van der Waals surface area contributed by atoms with E-state index in [4.69, 9.17) is 4.74 Å². The Morgan fingerprint density at radius 1 is 1.50 bits per heavy atom. The van der Waals surface area contributed by atoms with Gasteiger partial charge in [0.25, 0.3) is 0 Å². The average molecular weight is 281 g/mol. The molecule has 1 N–H and O–H groups in total. The van der Waals surface area contributed by atoms with Gasteiger partial charge in [0, 0.05) is 25.8 Å². The summed E-state index contributed by atoms with van der Waals surface area (Å²) in [5, 5.41) is 3.20. The largest absolute Gasteiger partial charge is 0.444 e. The third-order valence-corrected chi connectivity index (χ3v) is 2.98. The maximum Gasteiger partial charge on any atom is 0.410 e. The number of aromatic nitrogens is 1. The Kier molecular flexibility index (Phi) is 4.23. The van der Waals surface area contributed by atoms with Gasteiger partial charge in [0.1, 0.15) is 11.4 Å². The van der Waals surface area contributed by atoms with Gasteiger partial charge >= 0.3 is 6.09 Å². The van der Waals surface area contributed by atoms with E-state index in [1.165, 1.54) is 6.07 Å². The van der Waals surface area contributed by atoms with Crippen LogP contribution in [0.2, 0.25) is 0 Å². The van der Waals surface area contributed by atoms with E-state index in [1.54, 1.807) is 11.1 Å². The second-order valence-corrected chi connectivity index (χ2v) is 5.83.